The van der Waals surface area contributed by atoms with Gasteiger partial charge in [0.1, 0.15) is 48.3 Å². The topological polar surface area (TPSA) is 296 Å². The monoisotopic (exact) mass is 1190 g/mol. The third-order valence-electron chi connectivity index (χ3n) is 15.6. The highest BCUT2D eigenvalue weighted by Crippen LogP contribution is 2.23. The first-order valence-corrected chi connectivity index (χ1v) is 29.5. The van der Waals surface area contributed by atoms with E-state index in [2.05, 4.69) is 21.3 Å². The summed E-state index contributed by atoms with van der Waals surface area (Å²) >= 11 is 0. The van der Waals surface area contributed by atoms with Gasteiger partial charge in [0.2, 0.25) is 65.0 Å². The molecule has 0 aromatic carbocycles. The summed E-state index contributed by atoms with van der Waals surface area (Å²) in [4.78, 5) is 177. The van der Waals surface area contributed by atoms with Crippen LogP contribution >= 0.6 is 0 Å². The van der Waals surface area contributed by atoms with Crippen LogP contribution in [0.15, 0.2) is 24.3 Å². The Morgan fingerprint density at radius 3 is 1.57 bits per heavy atom. The van der Waals surface area contributed by atoms with Crippen molar-refractivity contribution in [1.29, 1.82) is 0 Å². The number of aliphatic carboxylic acids is 1. The van der Waals surface area contributed by atoms with Crippen molar-refractivity contribution in [3.05, 3.63) is 24.3 Å². The molecule has 0 aromatic heterocycles. The number of nitrogens with one attached hydrogen (secondary N) is 4. The highest BCUT2D eigenvalue weighted by molar-refractivity contribution is 5.98. The highest BCUT2D eigenvalue weighted by Gasteiger charge is 2.41. The van der Waals surface area contributed by atoms with Crippen LogP contribution in [-0.2, 0) is 57.5 Å². The Morgan fingerprint density at radius 2 is 1.05 bits per heavy atom. The minimum Gasteiger partial charge on any atom is -0.478 e. The third-order valence-corrected chi connectivity index (χ3v) is 15.6. The van der Waals surface area contributed by atoms with Crippen molar-refractivity contribution < 1.29 is 62.6 Å². The summed E-state index contributed by atoms with van der Waals surface area (Å²) in [7, 11) is 9.74. The molecule has 24 nitrogen and oxygen atoms in total. The largest absolute Gasteiger partial charge is 0.478 e. The number of carboxylic acid groups (broad SMARTS) is 1. The van der Waals surface area contributed by atoms with E-state index in [-0.39, 0.29) is 55.8 Å². The van der Waals surface area contributed by atoms with E-state index in [9.17, 15) is 62.6 Å². The minimum absolute atomic E-state index is 0.0796. The van der Waals surface area contributed by atoms with Crippen LogP contribution in [0.4, 0.5) is 0 Å². The number of rotatable bonds is 17. The maximum Gasteiger partial charge on any atom is 0.327 e. The van der Waals surface area contributed by atoms with E-state index in [1.807, 2.05) is 67.5 Å². The molecule has 11 amide bonds. The number of likely N-dealkylation sites (N-methyl/N-ethyl adjacent to an activating group) is 7. The normalized spacial score (nSPS) is 25.1. The van der Waals surface area contributed by atoms with Crippen molar-refractivity contribution in [1.82, 2.24) is 55.6 Å². The molecule has 476 valence electrons. The van der Waals surface area contributed by atoms with E-state index in [1.54, 1.807) is 13.8 Å². The molecule has 24 heteroatoms. The van der Waals surface area contributed by atoms with Gasteiger partial charge in [-0.05, 0) is 102 Å². The number of carboxylic acids is 1. The number of nitrogens with zero attached hydrogens (tertiary/aromatic N) is 7. The maximum absolute atomic E-state index is 14.8. The zero-order valence-corrected chi connectivity index (χ0v) is 53.8. The summed E-state index contributed by atoms with van der Waals surface area (Å²) in [6.45, 7) is 19.8. The average Bonchev–Trinajstić information content (AvgIpc) is 3.58. The molecule has 0 aromatic rings. The molecule has 10 unspecified atom stereocenters. The molecule has 1 aliphatic rings. The molecule has 1 fully saturated rings. The van der Waals surface area contributed by atoms with Crippen LogP contribution in [0.1, 0.15) is 141 Å². The lowest BCUT2D eigenvalue weighted by Gasteiger charge is -2.37. The summed E-state index contributed by atoms with van der Waals surface area (Å²) in [6, 6.07) is -9.66. The zero-order valence-electron chi connectivity index (χ0n) is 53.8. The summed E-state index contributed by atoms with van der Waals surface area (Å²) in [5.41, 5.74) is 0. The van der Waals surface area contributed by atoms with Crippen LogP contribution in [-0.4, -0.2) is 228 Å². The Labute approximate surface area is 499 Å². The molecular weight excluding hydrogens is 1080 g/mol. The Bertz CT molecular complexity index is 2340. The average molecular weight is 1190 g/mol. The van der Waals surface area contributed by atoms with Crippen molar-refractivity contribution in [2.75, 3.05) is 69.0 Å². The van der Waals surface area contributed by atoms with Gasteiger partial charge >= 0.3 is 5.97 Å². The fourth-order valence-electron chi connectivity index (χ4n) is 9.70. The Morgan fingerprint density at radius 1 is 0.548 bits per heavy atom. The van der Waals surface area contributed by atoms with Crippen LogP contribution in [0.2, 0.25) is 0 Å². The van der Waals surface area contributed by atoms with Gasteiger partial charge in [-0.3, -0.25) is 52.7 Å². The van der Waals surface area contributed by atoms with Crippen LogP contribution in [0.5, 0.6) is 0 Å². The molecule has 10 atom stereocenters. The second kappa shape index (κ2) is 36.1. The van der Waals surface area contributed by atoms with E-state index >= 15 is 0 Å². The zero-order chi connectivity index (χ0) is 64.6. The maximum atomic E-state index is 14.8. The van der Waals surface area contributed by atoms with Gasteiger partial charge in [-0.15, -0.1) is 0 Å². The van der Waals surface area contributed by atoms with Crippen LogP contribution in [0, 0.1) is 29.6 Å². The predicted octanol–water partition coefficient (Wildman–Crippen LogP) is 2.65. The molecule has 0 aliphatic carbocycles. The van der Waals surface area contributed by atoms with Gasteiger partial charge in [0.15, 0.2) is 0 Å². The molecule has 1 heterocycles. The van der Waals surface area contributed by atoms with Gasteiger partial charge in [-0.1, -0.05) is 87.0 Å². The number of hydrogen-bond acceptors (Lipinski definition) is 12. The third kappa shape index (κ3) is 23.6. The smallest absolute Gasteiger partial charge is 0.327 e. The van der Waals surface area contributed by atoms with E-state index < -0.39 is 145 Å². The molecule has 0 bridgehead atoms. The Hall–Kier alpha value is -6.88. The van der Waals surface area contributed by atoms with E-state index in [0.29, 0.717) is 25.7 Å². The lowest BCUT2D eigenvalue weighted by Crippen LogP contribution is -2.59. The lowest BCUT2D eigenvalue weighted by molar-refractivity contribution is -0.152. The molecule has 0 spiro atoms. The molecule has 0 radical (unpaired) electrons. The fraction of sp³-hybridized carbons (Fsp3) is 0.733. The molecule has 0 saturated carbocycles. The molecule has 5 N–H and O–H groups in total. The van der Waals surface area contributed by atoms with Crippen molar-refractivity contribution in [2.24, 2.45) is 29.6 Å². The Kier molecular flexibility index (Phi) is 32.3. The van der Waals surface area contributed by atoms with Crippen molar-refractivity contribution in [3.63, 3.8) is 0 Å². The second-order valence-corrected chi connectivity index (χ2v) is 24.1. The second-order valence-electron chi connectivity index (χ2n) is 24.1. The van der Waals surface area contributed by atoms with E-state index in [0.717, 1.165) is 20.8 Å². The molecular formula is C60H103N11O13. The summed E-state index contributed by atoms with van der Waals surface area (Å²) in [5, 5.41) is 20.1. The van der Waals surface area contributed by atoms with Crippen LogP contribution in [0.3, 0.4) is 0 Å². The Balaban J connectivity index is 4.16. The van der Waals surface area contributed by atoms with Gasteiger partial charge < -0.3 is 60.7 Å². The first-order valence-electron chi connectivity index (χ1n) is 29.5. The number of hydrogen-bond donors (Lipinski definition) is 5. The van der Waals surface area contributed by atoms with Gasteiger partial charge in [0.25, 0.3) is 0 Å². The first kappa shape index (κ1) is 75.1. The van der Waals surface area contributed by atoms with E-state index in [4.69, 9.17) is 0 Å². The fourth-order valence-corrected chi connectivity index (χ4v) is 9.70. The van der Waals surface area contributed by atoms with Gasteiger partial charge in [-0.25, -0.2) is 4.79 Å². The van der Waals surface area contributed by atoms with Crippen molar-refractivity contribution >= 4 is 70.9 Å². The van der Waals surface area contributed by atoms with Crippen molar-refractivity contribution in [2.45, 2.75) is 189 Å². The van der Waals surface area contributed by atoms with Crippen LogP contribution < -0.4 is 21.3 Å². The highest BCUT2D eigenvalue weighted by atomic mass is 16.4. The van der Waals surface area contributed by atoms with Gasteiger partial charge in [0, 0.05) is 55.4 Å². The summed E-state index contributed by atoms with van der Waals surface area (Å²) < 4.78 is 0. The molecule has 1 saturated heterocycles. The standard InChI is InChI=1S/C60H103N11O13/c1-20-22-24-39(9)32-47-54(78)61-33-49(73)67(15)43(25-23-26-51(75)76)58(82)71(19)46(31-38(7)8)55(79)64-52(40(10)21-2)60(84)65(13)34-48(72)62-41(11)53(77)63-42(12)56(80)69(17)45(30-28-37(5)6)59(83)70(18)44(29-27-36(3)4)57(81)66(14)35-50(74)68(47)16/h20,22-23,26,36-47,52H,21,24-25,27-35H2,1-19H3,(H,61,78)(H,62,72)(H,63,77)(H,64,79)(H,75,76). The molecule has 1 rings (SSSR count). The molecule has 1 aliphatic heterocycles. The van der Waals surface area contributed by atoms with E-state index in [1.165, 1.54) is 88.9 Å². The van der Waals surface area contributed by atoms with Crippen molar-refractivity contribution in [3.8, 4) is 0 Å². The predicted molar refractivity (Wildman–Crippen MR) is 320 cm³/mol. The minimum atomic E-state index is -1.42. The molecule has 84 heavy (non-hydrogen) atoms. The van der Waals surface area contributed by atoms with Gasteiger partial charge in [-0.2, -0.15) is 0 Å². The number of allylic oxidation sites excluding steroid dienone is 2. The van der Waals surface area contributed by atoms with Crippen LogP contribution in [0.25, 0.3) is 0 Å². The summed E-state index contributed by atoms with van der Waals surface area (Å²) in [5.74, 6) is -9.54. The number of carbonyl (C=O) groups excluding carboxylic acids is 11. The lowest BCUT2D eigenvalue weighted by atomic mass is 9.95. The number of amides is 11. The summed E-state index contributed by atoms with van der Waals surface area (Å²) in [6.07, 6.45) is 7.96. The number of carbonyl (C=O) groups is 12. The quantitative estimate of drug-likeness (QED) is 0.104. The SMILES string of the molecule is CC=CCC(C)CC1C(=O)NCC(=O)N(C)C(CC=CC(=O)O)C(=O)N(C)C(CC(C)C)C(=O)NC(C(C)CC)C(=O)N(C)CC(=O)NC(C)C(=O)NC(C)C(=O)N(C)C(CCC(C)C)C(=O)N(C)C(CCC(C)C)C(=O)N(C)CC(=O)N1C. The first-order chi connectivity index (χ1) is 39.0. The van der Waals surface area contributed by atoms with Gasteiger partial charge in [0.05, 0.1) is 19.6 Å².